The van der Waals surface area contributed by atoms with Crippen LogP contribution in [0.1, 0.15) is 33.8 Å². The third-order valence-electron chi connectivity index (χ3n) is 3.24. The molecular weight excluding hydrogens is 288 g/mol. The first-order valence-corrected chi connectivity index (χ1v) is 7.48. The first kappa shape index (κ1) is 13.7. The Morgan fingerprint density at radius 2 is 2.19 bits per heavy atom. The van der Waals surface area contributed by atoms with Gasteiger partial charge in [0.1, 0.15) is 5.01 Å². The third kappa shape index (κ3) is 3.08. The highest BCUT2D eigenvalue weighted by atomic mass is 32.1. The van der Waals surface area contributed by atoms with Crippen LogP contribution in [0.5, 0.6) is 0 Å². The van der Waals surface area contributed by atoms with Crippen LogP contribution in [-0.4, -0.2) is 22.0 Å². The van der Waals surface area contributed by atoms with E-state index in [-0.39, 0.29) is 11.8 Å². The SMILES string of the molecule is Cc1nnc(NC(=O)c2ccc3c(c2)CCCC(=O)N3)s1. The number of hydrogen-bond acceptors (Lipinski definition) is 5. The summed E-state index contributed by atoms with van der Waals surface area (Å²) in [5, 5.41) is 14.6. The van der Waals surface area contributed by atoms with E-state index in [1.165, 1.54) is 11.3 Å². The van der Waals surface area contributed by atoms with E-state index < -0.39 is 0 Å². The number of nitrogens with zero attached hydrogens (tertiary/aromatic N) is 2. The second-order valence-corrected chi connectivity index (χ2v) is 6.04. The van der Waals surface area contributed by atoms with Crippen molar-refractivity contribution in [3.8, 4) is 0 Å². The van der Waals surface area contributed by atoms with Gasteiger partial charge in [0.15, 0.2) is 0 Å². The highest BCUT2D eigenvalue weighted by Gasteiger charge is 2.16. The Morgan fingerprint density at radius 1 is 1.33 bits per heavy atom. The smallest absolute Gasteiger partial charge is 0.257 e. The maximum absolute atomic E-state index is 12.2. The summed E-state index contributed by atoms with van der Waals surface area (Å²) in [7, 11) is 0. The standard InChI is InChI=1S/C14H14N4O2S/c1-8-17-18-14(21-8)16-13(20)10-5-6-11-9(7-10)3-2-4-12(19)15-11/h5-7H,2-4H2,1H3,(H,15,19)(H,16,18,20). The van der Waals surface area contributed by atoms with Crippen molar-refractivity contribution < 1.29 is 9.59 Å². The molecule has 0 saturated heterocycles. The van der Waals surface area contributed by atoms with Gasteiger partial charge in [0.05, 0.1) is 0 Å². The van der Waals surface area contributed by atoms with Crippen LogP contribution in [0.25, 0.3) is 0 Å². The van der Waals surface area contributed by atoms with Gasteiger partial charge in [0.25, 0.3) is 5.91 Å². The molecule has 108 valence electrons. The molecule has 0 saturated carbocycles. The molecule has 2 N–H and O–H groups in total. The molecule has 2 aromatic rings. The summed E-state index contributed by atoms with van der Waals surface area (Å²) in [6, 6.07) is 5.30. The van der Waals surface area contributed by atoms with Crippen LogP contribution in [-0.2, 0) is 11.2 Å². The highest BCUT2D eigenvalue weighted by molar-refractivity contribution is 7.15. The number of aryl methyl sites for hydroxylation is 2. The van der Waals surface area contributed by atoms with Gasteiger partial charge in [-0.25, -0.2) is 0 Å². The summed E-state index contributed by atoms with van der Waals surface area (Å²) >= 11 is 1.33. The number of hydrogen-bond donors (Lipinski definition) is 2. The van der Waals surface area contributed by atoms with Gasteiger partial charge in [-0.05, 0) is 43.5 Å². The van der Waals surface area contributed by atoms with E-state index in [9.17, 15) is 9.59 Å². The first-order valence-electron chi connectivity index (χ1n) is 6.66. The topological polar surface area (TPSA) is 84.0 Å². The van der Waals surface area contributed by atoms with Gasteiger partial charge >= 0.3 is 0 Å². The average Bonchev–Trinajstić information content (AvgIpc) is 2.76. The molecule has 1 aliphatic rings. The molecule has 3 rings (SSSR count). The number of rotatable bonds is 2. The van der Waals surface area contributed by atoms with Crippen molar-refractivity contribution in [2.45, 2.75) is 26.2 Å². The Kier molecular flexibility index (Phi) is 3.66. The Hall–Kier alpha value is -2.28. The molecule has 2 heterocycles. The number of nitrogens with one attached hydrogen (secondary N) is 2. The van der Waals surface area contributed by atoms with Gasteiger partial charge in [-0.1, -0.05) is 11.3 Å². The zero-order valence-corrected chi connectivity index (χ0v) is 12.3. The number of carbonyl (C=O) groups excluding carboxylic acids is 2. The number of carbonyl (C=O) groups is 2. The Morgan fingerprint density at radius 3 is 2.95 bits per heavy atom. The lowest BCUT2D eigenvalue weighted by Crippen LogP contribution is -2.13. The summed E-state index contributed by atoms with van der Waals surface area (Å²) in [5.74, 6) is -0.195. The number of aromatic nitrogens is 2. The molecular formula is C14H14N4O2S. The summed E-state index contributed by atoms with van der Waals surface area (Å²) < 4.78 is 0. The monoisotopic (exact) mass is 302 g/mol. The van der Waals surface area contributed by atoms with Crippen molar-refractivity contribution >= 4 is 34.0 Å². The second kappa shape index (κ2) is 5.61. The van der Waals surface area contributed by atoms with Crippen molar-refractivity contribution in [3.63, 3.8) is 0 Å². The fraction of sp³-hybridized carbons (Fsp3) is 0.286. The molecule has 1 aromatic heterocycles. The van der Waals surface area contributed by atoms with Crippen molar-refractivity contribution in [1.82, 2.24) is 10.2 Å². The van der Waals surface area contributed by atoms with Crippen LogP contribution in [0.2, 0.25) is 0 Å². The predicted octanol–water partition coefficient (Wildman–Crippen LogP) is 2.37. The lowest BCUT2D eigenvalue weighted by molar-refractivity contribution is -0.116. The van der Waals surface area contributed by atoms with E-state index in [4.69, 9.17) is 0 Å². The van der Waals surface area contributed by atoms with E-state index in [0.29, 0.717) is 17.1 Å². The van der Waals surface area contributed by atoms with E-state index in [2.05, 4.69) is 20.8 Å². The Balaban J connectivity index is 1.81. The molecule has 2 amide bonds. The molecule has 21 heavy (non-hydrogen) atoms. The van der Waals surface area contributed by atoms with Crippen LogP contribution in [0.3, 0.4) is 0 Å². The minimum atomic E-state index is -0.218. The van der Waals surface area contributed by atoms with Crippen LogP contribution >= 0.6 is 11.3 Å². The van der Waals surface area contributed by atoms with Gasteiger partial charge in [0, 0.05) is 17.7 Å². The molecule has 0 atom stereocenters. The summed E-state index contributed by atoms with van der Waals surface area (Å²) in [5.41, 5.74) is 2.33. The summed E-state index contributed by atoms with van der Waals surface area (Å²) in [4.78, 5) is 23.7. The molecule has 0 unspecified atom stereocenters. The average molecular weight is 302 g/mol. The Bertz CT molecular complexity index is 711. The lowest BCUT2D eigenvalue weighted by atomic mass is 10.0. The highest BCUT2D eigenvalue weighted by Crippen LogP contribution is 2.24. The van der Waals surface area contributed by atoms with Gasteiger partial charge in [-0.15, -0.1) is 10.2 Å². The number of anilines is 2. The Labute approximate surface area is 125 Å². The van der Waals surface area contributed by atoms with Gasteiger partial charge in [-0.2, -0.15) is 0 Å². The maximum Gasteiger partial charge on any atom is 0.257 e. The van der Waals surface area contributed by atoms with Crippen molar-refractivity contribution in [1.29, 1.82) is 0 Å². The second-order valence-electron chi connectivity index (χ2n) is 4.85. The largest absolute Gasteiger partial charge is 0.326 e. The summed E-state index contributed by atoms with van der Waals surface area (Å²) in [6.45, 7) is 1.83. The fourth-order valence-corrected chi connectivity index (χ4v) is 2.82. The molecule has 0 bridgehead atoms. The normalized spacial score (nSPS) is 14.0. The van der Waals surface area contributed by atoms with E-state index in [0.717, 1.165) is 29.1 Å². The van der Waals surface area contributed by atoms with Crippen LogP contribution < -0.4 is 10.6 Å². The minimum Gasteiger partial charge on any atom is -0.326 e. The molecule has 7 heteroatoms. The zero-order valence-electron chi connectivity index (χ0n) is 11.5. The van der Waals surface area contributed by atoms with E-state index in [1.54, 1.807) is 12.1 Å². The predicted molar refractivity (Wildman–Crippen MR) is 80.6 cm³/mol. The molecule has 1 aliphatic heterocycles. The zero-order chi connectivity index (χ0) is 14.8. The molecule has 0 radical (unpaired) electrons. The maximum atomic E-state index is 12.2. The number of amides is 2. The fourth-order valence-electron chi connectivity index (χ4n) is 2.23. The van der Waals surface area contributed by atoms with E-state index >= 15 is 0 Å². The van der Waals surface area contributed by atoms with Gasteiger partial charge < -0.3 is 5.32 Å². The van der Waals surface area contributed by atoms with Crippen molar-refractivity contribution in [2.75, 3.05) is 10.6 Å². The number of fused-ring (bicyclic) bond motifs is 1. The summed E-state index contributed by atoms with van der Waals surface area (Å²) in [6.07, 6.45) is 2.09. The molecule has 0 fully saturated rings. The first-order chi connectivity index (χ1) is 10.1. The van der Waals surface area contributed by atoms with Gasteiger partial charge in [0.2, 0.25) is 11.0 Å². The van der Waals surface area contributed by atoms with Crippen LogP contribution in [0.15, 0.2) is 18.2 Å². The van der Waals surface area contributed by atoms with Crippen LogP contribution in [0, 0.1) is 6.92 Å². The minimum absolute atomic E-state index is 0.0234. The van der Waals surface area contributed by atoms with Gasteiger partial charge in [-0.3, -0.25) is 14.9 Å². The molecule has 0 aliphatic carbocycles. The number of benzene rings is 1. The lowest BCUT2D eigenvalue weighted by Gasteiger charge is -2.08. The molecule has 0 spiro atoms. The van der Waals surface area contributed by atoms with E-state index in [1.807, 2.05) is 13.0 Å². The van der Waals surface area contributed by atoms with Crippen molar-refractivity contribution in [3.05, 3.63) is 34.3 Å². The van der Waals surface area contributed by atoms with Crippen molar-refractivity contribution in [2.24, 2.45) is 0 Å². The quantitative estimate of drug-likeness (QED) is 0.892. The molecule has 6 nitrogen and oxygen atoms in total. The van der Waals surface area contributed by atoms with Crippen LogP contribution in [0.4, 0.5) is 10.8 Å². The third-order valence-corrected chi connectivity index (χ3v) is 3.99. The molecule has 1 aromatic carbocycles.